The second-order valence-corrected chi connectivity index (χ2v) is 20.6. The summed E-state index contributed by atoms with van der Waals surface area (Å²) in [5, 5.41) is 49.6. The van der Waals surface area contributed by atoms with Crippen LogP contribution in [0.5, 0.6) is 0 Å². The van der Waals surface area contributed by atoms with Crippen molar-refractivity contribution in [2.45, 2.75) is 128 Å². The lowest BCUT2D eigenvalue weighted by atomic mass is 9.42. The van der Waals surface area contributed by atoms with E-state index in [4.69, 9.17) is 47.7 Å². The first-order chi connectivity index (χ1) is 33.8. The van der Waals surface area contributed by atoms with Crippen molar-refractivity contribution in [2.75, 3.05) is 46.2 Å². The molecular weight excluding hydrogens is 947 g/mol. The predicted molar refractivity (Wildman–Crippen MR) is 248 cm³/mol. The number of esters is 4. The van der Waals surface area contributed by atoms with Crippen molar-refractivity contribution in [1.29, 1.82) is 0 Å². The van der Waals surface area contributed by atoms with Crippen LogP contribution in [-0.4, -0.2) is 162 Å². The van der Waals surface area contributed by atoms with E-state index in [2.05, 4.69) is 5.32 Å². The van der Waals surface area contributed by atoms with E-state index in [9.17, 15) is 39.3 Å². The molecule has 4 aliphatic rings. The number of ketones is 1. The van der Waals surface area contributed by atoms with Gasteiger partial charge in [-0.25, -0.2) is 24.0 Å². The largest absolute Gasteiger partial charge is 0.480 e. The minimum Gasteiger partial charge on any atom is -0.480 e. The molecule has 1 heterocycles. The summed E-state index contributed by atoms with van der Waals surface area (Å²) in [6.07, 6.45) is -11.7. The van der Waals surface area contributed by atoms with E-state index in [0.29, 0.717) is 0 Å². The lowest BCUT2D eigenvalue weighted by Gasteiger charge is -2.68. The van der Waals surface area contributed by atoms with Crippen LogP contribution in [0.15, 0.2) is 60.7 Å². The molecule has 2 bridgehead atoms. The summed E-state index contributed by atoms with van der Waals surface area (Å²) >= 11 is 0. The highest BCUT2D eigenvalue weighted by Gasteiger charge is 2.79. The summed E-state index contributed by atoms with van der Waals surface area (Å²) in [7, 11) is 0. The van der Waals surface area contributed by atoms with Gasteiger partial charge in [0.25, 0.3) is 0 Å². The molecule has 0 aromatic heterocycles. The third kappa shape index (κ3) is 11.5. The Hall–Kier alpha value is -5.55. The number of carbonyl (C=O) groups excluding carboxylic acids is 6. The number of carbonyl (C=O) groups is 7. The van der Waals surface area contributed by atoms with Gasteiger partial charge < -0.3 is 68.4 Å². The van der Waals surface area contributed by atoms with Crippen LogP contribution in [0.4, 0.5) is 4.79 Å². The maximum absolute atomic E-state index is 15.2. The first kappa shape index (κ1) is 55.8. The lowest BCUT2D eigenvalue weighted by Crippen LogP contribution is -2.83. The molecule has 6 rings (SSSR count). The molecule has 21 nitrogen and oxygen atoms in total. The van der Waals surface area contributed by atoms with Crippen LogP contribution in [-0.2, 0) is 66.6 Å². The number of Topliss-reactive ketones (excluding diaryl/α,β-unsaturated/α-hetero) is 1. The summed E-state index contributed by atoms with van der Waals surface area (Å²) in [6, 6.07) is 14.3. The second-order valence-electron chi connectivity index (χ2n) is 20.6. The summed E-state index contributed by atoms with van der Waals surface area (Å²) in [5.41, 5.74) is -8.57. The average Bonchev–Trinajstić information content (AvgIpc) is 3.30. The Labute approximate surface area is 417 Å². The number of amides is 1. The van der Waals surface area contributed by atoms with Gasteiger partial charge in [-0.2, -0.15) is 0 Å². The SMILES string of the molecule is CC(=O)O[C@]12CO[C@H]1C[C@@H](O)[C@]1(C)C(=O)[C@@H](O)[C@H]3C(C)[C@H](OC(=O)[C@@H](OC(=O)COCCOCCOCC(=O)O)[C@H](NC(=O)OC(C)(C)C)c4ccccc4)C[C@](O)([C@H](OC(=O)c4ccccc4)[C@@H]21)C3(C)C. The number of aliphatic hydroxyl groups excluding tert-OH is 2. The van der Waals surface area contributed by atoms with Crippen molar-refractivity contribution in [1.82, 2.24) is 5.32 Å². The van der Waals surface area contributed by atoms with Crippen molar-refractivity contribution < 1.29 is 96.6 Å². The number of aliphatic carboxylic acids is 1. The van der Waals surface area contributed by atoms with E-state index in [0.717, 1.165) is 6.92 Å². The molecule has 0 radical (unpaired) electrons. The van der Waals surface area contributed by atoms with Gasteiger partial charge in [0.2, 0.25) is 6.10 Å². The highest BCUT2D eigenvalue weighted by atomic mass is 16.6. The molecule has 72 heavy (non-hydrogen) atoms. The van der Waals surface area contributed by atoms with Gasteiger partial charge in [0.15, 0.2) is 11.4 Å². The molecule has 13 atom stereocenters. The van der Waals surface area contributed by atoms with Crippen molar-refractivity contribution in [3.8, 4) is 0 Å². The van der Waals surface area contributed by atoms with Crippen LogP contribution < -0.4 is 5.32 Å². The average molecular weight is 1010 g/mol. The topological polar surface area (TPSA) is 296 Å². The van der Waals surface area contributed by atoms with Gasteiger partial charge in [-0.1, -0.05) is 69.3 Å². The zero-order valence-corrected chi connectivity index (χ0v) is 41.7. The van der Waals surface area contributed by atoms with E-state index in [-0.39, 0.29) is 50.6 Å². The predicted octanol–water partition coefficient (Wildman–Crippen LogP) is 2.88. The molecule has 3 saturated carbocycles. The zero-order chi connectivity index (χ0) is 53.0. The molecule has 1 aliphatic heterocycles. The molecule has 5 N–H and O–H groups in total. The number of hydrogen-bond donors (Lipinski definition) is 5. The van der Waals surface area contributed by atoms with Crippen LogP contribution in [0.2, 0.25) is 0 Å². The smallest absolute Gasteiger partial charge is 0.408 e. The Kier molecular flexibility index (Phi) is 17.3. The number of fused-ring (bicyclic) bond motifs is 5. The van der Waals surface area contributed by atoms with E-state index < -0.39 is 149 Å². The molecule has 21 heteroatoms. The first-order valence-corrected chi connectivity index (χ1v) is 23.9. The third-order valence-corrected chi connectivity index (χ3v) is 14.5. The number of benzene rings is 2. The Morgan fingerprint density at radius 1 is 0.861 bits per heavy atom. The molecule has 2 aromatic carbocycles. The molecule has 2 aromatic rings. The summed E-state index contributed by atoms with van der Waals surface area (Å²) in [6.45, 7) is 10.4. The summed E-state index contributed by atoms with van der Waals surface area (Å²) in [4.78, 5) is 95.5. The Morgan fingerprint density at radius 3 is 2.03 bits per heavy atom. The van der Waals surface area contributed by atoms with Gasteiger partial charge in [-0.05, 0) is 51.3 Å². The lowest BCUT2D eigenvalue weighted by molar-refractivity contribution is -0.355. The minimum atomic E-state index is -2.41. The molecule has 1 saturated heterocycles. The van der Waals surface area contributed by atoms with Crippen molar-refractivity contribution in [2.24, 2.45) is 28.6 Å². The second kappa shape index (κ2) is 22.3. The number of aliphatic hydroxyl groups is 3. The Balaban J connectivity index is 1.40. The van der Waals surface area contributed by atoms with Crippen LogP contribution >= 0.6 is 0 Å². The highest BCUT2D eigenvalue weighted by Crippen LogP contribution is 2.65. The minimum absolute atomic E-state index is 0.0127. The first-order valence-electron chi connectivity index (χ1n) is 23.9. The molecule has 1 amide bonds. The highest BCUT2D eigenvalue weighted by molar-refractivity contribution is 5.92. The molecule has 0 spiro atoms. The van der Waals surface area contributed by atoms with E-state index in [1.54, 1.807) is 90.1 Å². The van der Waals surface area contributed by atoms with E-state index in [1.807, 2.05) is 0 Å². The van der Waals surface area contributed by atoms with Gasteiger partial charge in [0.1, 0.15) is 54.9 Å². The fraction of sp³-hybridized carbons (Fsp3) is 0.627. The Morgan fingerprint density at radius 2 is 1.46 bits per heavy atom. The fourth-order valence-corrected chi connectivity index (χ4v) is 11.1. The van der Waals surface area contributed by atoms with Crippen LogP contribution in [0.25, 0.3) is 0 Å². The van der Waals surface area contributed by atoms with E-state index in [1.165, 1.54) is 19.1 Å². The zero-order valence-electron chi connectivity index (χ0n) is 41.7. The van der Waals surface area contributed by atoms with Gasteiger partial charge in [0, 0.05) is 31.1 Å². The number of carboxylic acids is 1. The quantitative estimate of drug-likeness (QED) is 0.0768. The molecule has 1 unspecified atom stereocenters. The van der Waals surface area contributed by atoms with Crippen LogP contribution in [0.3, 0.4) is 0 Å². The van der Waals surface area contributed by atoms with Crippen LogP contribution in [0.1, 0.15) is 90.2 Å². The maximum atomic E-state index is 15.2. The molecule has 4 fully saturated rings. The number of rotatable bonds is 19. The molecule has 3 aliphatic carbocycles. The standard InChI is InChI=1S/C51H67NO20/c1-28-32(68-45(61)40(69-36(57)26-66-22-20-64-19-21-65-25-35(55)56)38(30-15-11-9-12-16-30)52-46(62)72-47(3,4)5)24-51(63)43(70-44(60)31-17-13-10-14-18-31)41-49(8,42(59)39(58)37(28)48(51,6)7)33(54)23-34-50(41,27-67-34)71-29(2)53/h9-18,28,32-34,37-41,43,54,58,63H,19-27H2,1-8H3,(H,52,62)(H,55,56)/t28?,32-,33-,34+,37-,38-,39+,40+,41-,43-,49+,50-,51+/m1/s1. The number of nitrogens with one attached hydrogen (secondary N) is 1. The van der Waals surface area contributed by atoms with Crippen molar-refractivity contribution in [3.63, 3.8) is 0 Å². The Bertz CT molecular complexity index is 2290. The van der Waals surface area contributed by atoms with E-state index >= 15 is 9.59 Å². The van der Waals surface area contributed by atoms with Gasteiger partial charge in [0.05, 0.1) is 56.0 Å². The van der Waals surface area contributed by atoms with Gasteiger partial charge in [-0.3, -0.25) is 9.59 Å². The van der Waals surface area contributed by atoms with Gasteiger partial charge in [-0.15, -0.1) is 0 Å². The van der Waals surface area contributed by atoms with Crippen molar-refractivity contribution >= 4 is 41.7 Å². The summed E-state index contributed by atoms with van der Waals surface area (Å²) < 4.78 is 51.7. The number of carboxylic acid groups (broad SMARTS) is 1. The fourth-order valence-electron chi connectivity index (χ4n) is 11.1. The van der Waals surface area contributed by atoms with Crippen molar-refractivity contribution in [3.05, 3.63) is 71.8 Å². The van der Waals surface area contributed by atoms with Crippen LogP contribution in [0, 0.1) is 28.6 Å². The number of alkyl carbamates (subject to hydrolysis) is 1. The maximum Gasteiger partial charge on any atom is 0.408 e. The molecule has 396 valence electrons. The van der Waals surface area contributed by atoms with Gasteiger partial charge >= 0.3 is 35.9 Å². The summed E-state index contributed by atoms with van der Waals surface area (Å²) in [5.74, 6) is -10.1. The molecular formula is C51H67NO20. The number of hydrogen-bond acceptors (Lipinski definition) is 19. The number of ether oxygens (including phenoxy) is 9. The monoisotopic (exact) mass is 1010 g/mol. The third-order valence-electron chi connectivity index (χ3n) is 14.5. The normalized spacial score (nSPS) is 31.3.